The average molecular weight is 278 g/mol. The predicted octanol–water partition coefficient (Wildman–Crippen LogP) is 1.08. The van der Waals surface area contributed by atoms with Gasteiger partial charge in [0.15, 0.2) is 6.61 Å². The van der Waals surface area contributed by atoms with Gasteiger partial charge in [-0.25, -0.2) is 8.42 Å². The van der Waals surface area contributed by atoms with Crippen LogP contribution >= 0.6 is 10.7 Å². The lowest BCUT2D eigenvalue weighted by molar-refractivity contribution is -0.130. The zero-order valence-corrected chi connectivity index (χ0v) is 11.0. The fraction of sp³-hybridized carbons (Fsp3) is 0.300. The van der Waals surface area contributed by atoms with Crippen molar-refractivity contribution >= 4 is 25.6 Å². The Morgan fingerprint density at radius 1 is 1.41 bits per heavy atom. The van der Waals surface area contributed by atoms with E-state index in [1.807, 2.05) is 0 Å². The van der Waals surface area contributed by atoms with Crippen LogP contribution < -0.4 is 4.74 Å². The third kappa shape index (κ3) is 4.24. The number of amides is 1. The highest BCUT2D eigenvalue weighted by Gasteiger charge is 2.11. The van der Waals surface area contributed by atoms with Crippen molar-refractivity contribution in [2.75, 3.05) is 20.7 Å². The number of halogens is 1. The monoisotopic (exact) mass is 277 g/mol. The van der Waals surface area contributed by atoms with E-state index in [4.69, 9.17) is 15.4 Å². The number of ether oxygens (including phenoxy) is 1. The second kappa shape index (κ2) is 5.37. The summed E-state index contributed by atoms with van der Waals surface area (Å²) in [6.45, 7) is -0.154. The zero-order valence-electron chi connectivity index (χ0n) is 9.38. The molecule has 0 aromatic heterocycles. The van der Waals surface area contributed by atoms with Gasteiger partial charge in [-0.15, -0.1) is 0 Å². The number of hydrogen-bond donors (Lipinski definition) is 0. The van der Waals surface area contributed by atoms with Crippen molar-refractivity contribution in [2.45, 2.75) is 4.90 Å². The Balaban J connectivity index is 2.77. The SMILES string of the molecule is CN(C)C(=O)COc1cccc(S(=O)(=O)Cl)c1. The van der Waals surface area contributed by atoms with Crippen LogP contribution in [0.15, 0.2) is 29.2 Å². The number of nitrogens with zero attached hydrogens (tertiary/aromatic N) is 1. The molecule has 0 unspecified atom stereocenters. The summed E-state index contributed by atoms with van der Waals surface area (Å²) in [4.78, 5) is 12.6. The van der Waals surface area contributed by atoms with Crippen LogP contribution in [0, 0.1) is 0 Å². The number of carbonyl (C=O) groups excluding carboxylic acids is 1. The van der Waals surface area contributed by atoms with Crippen LogP contribution in [0.25, 0.3) is 0 Å². The van der Waals surface area contributed by atoms with E-state index in [0.717, 1.165) is 0 Å². The molecule has 0 atom stereocenters. The molecule has 1 aromatic rings. The molecule has 0 saturated heterocycles. The van der Waals surface area contributed by atoms with Gasteiger partial charge < -0.3 is 9.64 Å². The predicted molar refractivity (Wildman–Crippen MR) is 63.7 cm³/mol. The number of likely N-dealkylation sites (N-methyl/N-ethyl adjacent to an activating group) is 1. The minimum atomic E-state index is -3.78. The van der Waals surface area contributed by atoms with E-state index in [-0.39, 0.29) is 23.2 Å². The Hall–Kier alpha value is -1.27. The number of hydrogen-bond acceptors (Lipinski definition) is 4. The Morgan fingerprint density at radius 3 is 2.59 bits per heavy atom. The summed E-state index contributed by atoms with van der Waals surface area (Å²) in [6, 6.07) is 5.66. The summed E-state index contributed by atoms with van der Waals surface area (Å²) in [7, 11) is 4.61. The van der Waals surface area contributed by atoms with Crippen molar-refractivity contribution in [3.63, 3.8) is 0 Å². The molecule has 0 N–H and O–H groups in total. The van der Waals surface area contributed by atoms with Crippen LogP contribution in [0.3, 0.4) is 0 Å². The molecule has 1 aromatic carbocycles. The molecule has 7 heteroatoms. The smallest absolute Gasteiger partial charge is 0.261 e. The van der Waals surface area contributed by atoms with Crippen molar-refractivity contribution in [3.8, 4) is 5.75 Å². The molecule has 1 amide bonds. The molecule has 0 radical (unpaired) electrons. The maximum atomic E-state index is 11.3. The van der Waals surface area contributed by atoms with Gasteiger partial charge in [-0.3, -0.25) is 4.79 Å². The Labute approximate surface area is 104 Å². The summed E-state index contributed by atoms with van der Waals surface area (Å²) in [5.41, 5.74) is 0. The van der Waals surface area contributed by atoms with E-state index in [2.05, 4.69) is 0 Å². The molecule has 0 aliphatic carbocycles. The number of benzene rings is 1. The van der Waals surface area contributed by atoms with Gasteiger partial charge in [0.1, 0.15) is 5.75 Å². The molecule has 17 heavy (non-hydrogen) atoms. The minimum Gasteiger partial charge on any atom is -0.484 e. The topological polar surface area (TPSA) is 63.7 Å². The van der Waals surface area contributed by atoms with E-state index < -0.39 is 9.05 Å². The normalized spacial score (nSPS) is 11.0. The molecule has 0 fully saturated rings. The van der Waals surface area contributed by atoms with Crippen LogP contribution in [-0.4, -0.2) is 39.9 Å². The van der Waals surface area contributed by atoms with Crippen molar-refractivity contribution in [1.29, 1.82) is 0 Å². The standard InChI is InChI=1S/C10H12ClNO4S/c1-12(2)10(13)7-16-8-4-3-5-9(6-8)17(11,14)15/h3-6H,7H2,1-2H3. The molecule has 5 nitrogen and oxygen atoms in total. The van der Waals surface area contributed by atoms with Crippen LogP contribution in [0.5, 0.6) is 5.75 Å². The van der Waals surface area contributed by atoms with Crippen molar-refractivity contribution < 1.29 is 17.9 Å². The Kier molecular flexibility index (Phi) is 4.36. The summed E-state index contributed by atoms with van der Waals surface area (Å²) in [6.07, 6.45) is 0. The summed E-state index contributed by atoms with van der Waals surface area (Å²) in [5, 5.41) is 0. The van der Waals surface area contributed by atoms with Gasteiger partial charge in [0.05, 0.1) is 4.90 Å². The van der Waals surface area contributed by atoms with E-state index in [9.17, 15) is 13.2 Å². The van der Waals surface area contributed by atoms with E-state index in [1.165, 1.54) is 23.1 Å². The second-order valence-electron chi connectivity index (χ2n) is 3.49. The maximum absolute atomic E-state index is 11.3. The molecular weight excluding hydrogens is 266 g/mol. The van der Waals surface area contributed by atoms with Gasteiger partial charge in [-0.2, -0.15) is 0 Å². The lowest BCUT2D eigenvalue weighted by Gasteiger charge is -2.11. The van der Waals surface area contributed by atoms with Crippen LogP contribution in [0.4, 0.5) is 0 Å². The highest BCUT2D eigenvalue weighted by molar-refractivity contribution is 8.13. The van der Waals surface area contributed by atoms with Gasteiger partial charge in [-0.05, 0) is 12.1 Å². The third-order valence-corrected chi connectivity index (χ3v) is 3.30. The molecule has 0 aliphatic rings. The molecule has 0 aliphatic heterocycles. The number of rotatable bonds is 4. The van der Waals surface area contributed by atoms with Crippen LogP contribution in [0.2, 0.25) is 0 Å². The van der Waals surface area contributed by atoms with Gasteiger partial charge in [-0.1, -0.05) is 6.07 Å². The fourth-order valence-corrected chi connectivity index (χ4v) is 1.78. The summed E-state index contributed by atoms with van der Waals surface area (Å²) in [5.74, 6) is 0.0612. The first-order valence-corrected chi connectivity index (χ1v) is 6.99. The first-order chi connectivity index (χ1) is 7.80. The quantitative estimate of drug-likeness (QED) is 0.773. The summed E-state index contributed by atoms with van der Waals surface area (Å²) >= 11 is 0. The molecular formula is C10H12ClNO4S. The molecule has 94 valence electrons. The maximum Gasteiger partial charge on any atom is 0.261 e. The largest absolute Gasteiger partial charge is 0.484 e. The van der Waals surface area contributed by atoms with Crippen LogP contribution in [0.1, 0.15) is 0 Å². The van der Waals surface area contributed by atoms with Gasteiger partial charge >= 0.3 is 0 Å². The number of carbonyl (C=O) groups is 1. The first kappa shape index (κ1) is 13.8. The van der Waals surface area contributed by atoms with Crippen LogP contribution in [-0.2, 0) is 13.8 Å². The lowest BCUT2D eigenvalue weighted by Crippen LogP contribution is -2.27. The van der Waals surface area contributed by atoms with Gasteiger partial charge in [0.25, 0.3) is 15.0 Å². The van der Waals surface area contributed by atoms with Crippen molar-refractivity contribution in [1.82, 2.24) is 4.90 Å². The molecule has 0 spiro atoms. The van der Waals surface area contributed by atoms with E-state index >= 15 is 0 Å². The summed E-state index contributed by atoms with van der Waals surface area (Å²) < 4.78 is 27.3. The van der Waals surface area contributed by atoms with Gasteiger partial charge in [0, 0.05) is 30.8 Å². The average Bonchev–Trinajstić information content (AvgIpc) is 2.25. The Bertz CT molecular complexity index is 513. The first-order valence-electron chi connectivity index (χ1n) is 4.68. The molecule has 1 rings (SSSR count). The third-order valence-electron chi connectivity index (χ3n) is 1.95. The fourth-order valence-electron chi connectivity index (χ4n) is 0.990. The molecule has 0 saturated carbocycles. The Morgan fingerprint density at radius 2 is 2.06 bits per heavy atom. The lowest BCUT2D eigenvalue weighted by atomic mass is 10.3. The zero-order chi connectivity index (χ0) is 13.1. The van der Waals surface area contributed by atoms with Crippen molar-refractivity contribution in [2.24, 2.45) is 0 Å². The molecule has 0 heterocycles. The van der Waals surface area contributed by atoms with E-state index in [1.54, 1.807) is 20.2 Å². The second-order valence-corrected chi connectivity index (χ2v) is 6.06. The highest BCUT2D eigenvalue weighted by Crippen LogP contribution is 2.20. The van der Waals surface area contributed by atoms with Gasteiger partial charge in [0.2, 0.25) is 0 Å². The molecule has 0 bridgehead atoms. The highest BCUT2D eigenvalue weighted by atomic mass is 35.7. The van der Waals surface area contributed by atoms with E-state index in [0.29, 0.717) is 0 Å². The minimum absolute atomic E-state index is 0.0611. The van der Waals surface area contributed by atoms with Crippen molar-refractivity contribution in [3.05, 3.63) is 24.3 Å².